The Hall–Kier alpha value is -2.97. The third-order valence-corrected chi connectivity index (χ3v) is 5.40. The molecule has 5 rings (SSSR count). The molecule has 0 saturated heterocycles. The zero-order valence-corrected chi connectivity index (χ0v) is 16.1. The fourth-order valence-corrected chi connectivity index (χ4v) is 4.05. The van der Waals surface area contributed by atoms with Crippen LogP contribution in [-0.4, -0.2) is 4.98 Å². The van der Waals surface area contributed by atoms with Crippen LogP contribution in [-0.2, 0) is 0 Å². The van der Waals surface area contributed by atoms with Gasteiger partial charge in [0.25, 0.3) is 0 Å². The molecular weight excluding hydrogens is 394 g/mol. The monoisotopic (exact) mass is 409 g/mol. The van der Waals surface area contributed by atoms with Crippen molar-refractivity contribution in [3.05, 3.63) is 102 Å². The van der Waals surface area contributed by atoms with Gasteiger partial charge in [0.05, 0.1) is 11.2 Å². The fraction of sp³-hybridized carbons (Fsp3) is 0. The second kappa shape index (κ2) is 6.64. The number of nitrogens with zero attached hydrogens (tertiary/aromatic N) is 1. The molecule has 0 bridgehead atoms. The quantitative estimate of drug-likeness (QED) is 0.275. The second-order valence-corrected chi connectivity index (χ2v) is 7.53. The van der Waals surface area contributed by atoms with Gasteiger partial charge in [-0.1, -0.05) is 88.7 Å². The van der Waals surface area contributed by atoms with Gasteiger partial charge in [0.15, 0.2) is 0 Å². The molecule has 0 unspecified atom stereocenters. The minimum absolute atomic E-state index is 0.984. The Kier molecular flexibility index (Phi) is 3.99. The standard InChI is InChI=1S/C25H16BrN/c26-20-11-6-10-19(15-20)24-16-22(17-7-2-1-3-8-17)25-21-12-5-4-9-18(21)13-14-23(25)27-24/h1-16H. The summed E-state index contributed by atoms with van der Waals surface area (Å²) in [5.74, 6) is 0. The van der Waals surface area contributed by atoms with E-state index in [1.54, 1.807) is 0 Å². The Morgan fingerprint density at radius 1 is 0.630 bits per heavy atom. The van der Waals surface area contributed by atoms with E-state index >= 15 is 0 Å². The van der Waals surface area contributed by atoms with E-state index in [9.17, 15) is 0 Å². The van der Waals surface area contributed by atoms with Crippen LogP contribution in [0.3, 0.4) is 0 Å². The highest BCUT2D eigenvalue weighted by molar-refractivity contribution is 9.10. The maximum absolute atomic E-state index is 5.00. The second-order valence-electron chi connectivity index (χ2n) is 6.61. The minimum Gasteiger partial charge on any atom is -0.248 e. The van der Waals surface area contributed by atoms with Crippen molar-refractivity contribution >= 4 is 37.6 Å². The van der Waals surface area contributed by atoms with Crippen molar-refractivity contribution < 1.29 is 0 Å². The summed E-state index contributed by atoms with van der Waals surface area (Å²) in [7, 11) is 0. The van der Waals surface area contributed by atoms with E-state index in [2.05, 4.69) is 101 Å². The SMILES string of the molecule is Brc1cccc(-c2cc(-c3ccccc3)c3c(ccc4ccccc43)n2)c1. The molecule has 0 aliphatic rings. The lowest BCUT2D eigenvalue weighted by molar-refractivity contribution is 1.40. The average molecular weight is 410 g/mol. The normalized spacial score (nSPS) is 11.1. The van der Waals surface area contributed by atoms with Crippen molar-refractivity contribution in [1.29, 1.82) is 0 Å². The number of pyridine rings is 1. The van der Waals surface area contributed by atoms with Crippen LogP contribution < -0.4 is 0 Å². The largest absolute Gasteiger partial charge is 0.248 e. The molecule has 0 spiro atoms. The van der Waals surface area contributed by atoms with Crippen LogP contribution >= 0.6 is 15.9 Å². The van der Waals surface area contributed by atoms with Crippen molar-refractivity contribution in [2.45, 2.75) is 0 Å². The van der Waals surface area contributed by atoms with Crippen LogP contribution in [0.5, 0.6) is 0 Å². The summed E-state index contributed by atoms with van der Waals surface area (Å²) >= 11 is 3.58. The predicted octanol–water partition coefficient (Wildman–Crippen LogP) is 7.48. The number of rotatable bonds is 2. The van der Waals surface area contributed by atoms with Gasteiger partial charge in [-0.25, -0.2) is 4.98 Å². The number of aromatic nitrogens is 1. The zero-order chi connectivity index (χ0) is 18.2. The number of hydrogen-bond acceptors (Lipinski definition) is 1. The number of benzene rings is 4. The van der Waals surface area contributed by atoms with E-state index in [1.165, 1.54) is 27.3 Å². The Morgan fingerprint density at radius 2 is 1.41 bits per heavy atom. The van der Waals surface area contributed by atoms with Crippen LogP contribution in [0.25, 0.3) is 44.1 Å². The van der Waals surface area contributed by atoms with Gasteiger partial charge in [-0.3, -0.25) is 0 Å². The molecule has 0 amide bonds. The fourth-order valence-electron chi connectivity index (χ4n) is 3.65. The van der Waals surface area contributed by atoms with Crippen LogP contribution in [0.2, 0.25) is 0 Å². The van der Waals surface area contributed by atoms with Crippen molar-refractivity contribution in [3.8, 4) is 22.4 Å². The van der Waals surface area contributed by atoms with Crippen LogP contribution in [0.4, 0.5) is 0 Å². The topological polar surface area (TPSA) is 12.9 Å². The van der Waals surface area contributed by atoms with Gasteiger partial charge in [0.2, 0.25) is 0 Å². The average Bonchev–Trinajstić information content (AvgIpc) is 2.73. The van der Waals surface area contributed by atoms with E-state index in [0.717, 1.165) is 21.2 Å². The minimum atomic E-state index is 0.984. The molecule has 128 valence electrons. The maximum atomic E-state index is 5.00. The third-order valence-electron chi connectivity index (χ3n) is 4.90. The number of halogens is 1. The molecule has 4 aromatic carbocycles. The molecule has 0 fully saturated rings. The summed E-state index contributed by atoms with van der Waals surface area (Å²) in [6.45, 7) is 0. The van der Waals surface area contributed by atoms with Crippen LogP contribution in [0.15, 0.2) is 102 Å². The van der Waals surface area contributed by atoms with Crippen molar-refractivity contribution in [1.82, 2.24) is 4.98 Å². The molecule has 1 aromatic heterocycles. The van der Waals surface area contributed by atoms with Gasteiger partial charge in [-0.15, -0.1) is 0 Å². The van der Waals surface area contributed by atoms with E-state index in [1.807, 2.05) is 12.1 Å². The van der Waals surface area contributed by atoms with E-state index in [0.29, 0.717) is 0 Å². The lowest BCUT2D eigenvalue weighted by Crippen LogP contribution is -1.91. The molecular formula is C25H16BrN. The highest BCUT2D eigenvalue weighted by Gasteiger charge is 2.12. The van der Waals surface area contributed by atoms with E-state index in [-0.39, 0.29) is 0 Å². The first-order chi connectivity index (χ1) is 13.3. The Labute approximate surface area is 166 Å². The Balaban J connectivity index is 1.90. The molecule has 0 aliphatic heterocycles. The van der Waals surface area contributed by atoms with Crippen molar-refractivity contribution in [2.75, 3.05) is 0 Å². The molecule has 0 saturated carbocycles. The zero-order valence-electron chi connectivity index (χ0n) is 14.6. The van der Waals surface area contributed by atoms with E-state index < -0.39 is 0 Å². The van der Waals surface area contributed by atoms with Gasteiger partial charge in [0, 0.05) is 15.4 Å². The van der Waals surface area contributed by atoms with Gasteiger partial charge in [-0.05, 0) is 46.2 Å². The van der Waals surface area contributed by atoms with Gasteiger partial charge in [0.1, 0.15) is 0 Å². The maximum Gasteiger partial charge on any atom is 0.0722 e. The van der Waals surface area contributed by atoms with Crippen molar-refractivity contribution in [3.63, 3.8) is 0 Å². The predicted molar refractivity (Wildman–Crippen MR) is 118 cm³/mol. The van der Waals surface area contributed by atoms with Gasteiger partial charge >= 0.3 is 0 Å². The molecule has 1 heterocycles. The first kappa shape index (κ1) is 16.2. The Morgan fingerprint density at radius 3 is 2.26 bits per heavy atom. The molecule has 0 aliphatic carbocycles. The lowest BCUT2D eigenvalue weighted by atomic mass is 9.94. The molecule has 0 radical (unpaired) electrons. The summed E-state index contributed by atoms with van der Waals surface area (Å²) < 4.78 is 1.06. The summed E-state index contributed by atoms with van der Waals surface area (Å²) in [4.78, 5) is 5.00. The van der Waals surface area contributed by atoms with Crippen molar-refractivity contribution in [2.24, 2.45) is 0 Å². The van der Waals surface area contributed by atoms with E-state index in [4.69, 9.17) is 4.98 Å². The Bertz CT molecular complexity index is 1280. The molecule has 5 aromatic rings. The number of fused-ring (bicyclic) bond motifs is 3. The van der Waals surface area contributed by atoms with Gasteiger partial charge in [-0.2, -0.15) is 0 Å². The first-order valence-electron chi connectivity index (χ1n) is 8.93. The first-order valence-corrected chi connectivity index (χ1v) is 9.73. The van der Waals surface area contributed by atoms with Crippen LogP contribution in [0, 0.1) is 0 Å². The highest BCUT2D eigenvalue weighted by atomic mass is 79.9. The molecule has 27 heavy (non-hydrogen) atoms. The third kappa shape index (κ3) is 2.92. The van der Waals surface area contributed by atoms with Crippen LogP contribution in [0.1, 0.15) is 0 Å². The number of hydrogen-bond donors (Lipinski definition) is 0. The molecule has 2 heteroatoms. The summed E-state index contributed by atoms with van der Waals surface area (Å²) in [6, 6.07) is 33.9. The highest BCUT2D eigenvalue weighted by Crippen LogP contribution is 2.36. The lowest BCUT2D eigenvalue weighted by Gasteiger charge is -2.13. The summed E-state index contributed by atoms with van der Waals surface area (Å²) in [5.41, 5.74) is 5.53. The summed E-state index contributed by atoms with van der Waals surface area (Å²) in [5, 5.41) is 3.68. The molecule has 0 N–H and O–H groups in total. The molecule has 0 atom stereocenters. The summed E-state index contributed by atoms with van der Waals surface area (Å²) in [6.07, 6.45) is 0. The van der Waals surface area contributed by atoms with Gasteiger partial charge < -0.3 is 0 Å². The smallest absolute Gasteiger partial charge is 0.0722 e. The molecule has 1 nitrogen and oxygen atoms in total.